The van der Waals surface area contributed by atoms with Gasteiger partial charge in [0.15, 0.2) is 10.8 Å². The van der Waals surface area contributed by atoms with E-state index in [1.165, 1.54) is 11.3 Å². The number of allylic oxidation sites excluding steroid dienone is 1. The Kier molecular flexibility index (Phi) is 5.03. The molecular formula is C16H15F3N6S. The van der Waals surface area contributed by atoms with Gasteiger partial charge in [0.1, 0.15) is 11.5 Å². The lowest BCUT2D eigenvalue weighted by Gasteiger charge is -2.10. The highest BCUT2D eigenvalue weighted by atomic mass is 32.1. The van der Waals surface area contributed by atoms with Crippen LogP contribution in [-0.4, -0.2) is 36.5 Å². The summed E-state index contributed by atoms with van der Waals surface area (Å²) in [6.45, 7) is 2.55. The zero-order valence-corrected chi connectivity index (χ0v) is 14.6. The monoisotopic (exact) mass is 380 g/mol. The standard InChI is InChI=1S/C16H15F3N6S/c1-2-25-12(3-4-16(17,18)19)11(9-20)23-13(25)10-24-7-5-21-14(24)15-22-6-8-26-15/h3-9,20H,2,10H2,1H3/b4-3+,20-9?. The molecule has 6 nitrogen and oxygen atoms in total. The minimum atomic E-state index is -4.43. The van der Waals surface area contributed by atoms with Crippen LogP contribution in [0.1, 0.15) is 24.1 Å². The third-order valence-electron chi connectivity index (χ3n) is 3.65. The van der Waals surface area contributed by atoms with Crippen LogP contribution >= 0.6 is 11.3 Å². The maximum Gasteiger partial charge on any atom is 0.409 e. The molecule has 3 heterocycles. The Morgan fingerprint density at radius 3 is 2.69 bits per heavy atom. The number of rotatable bonds is 6. The topological polar surface area (TPSA) is 72.4 Å². The van der Waals surface area contributed by atoms with Gasteiger partial charge in [-0.1, -0.05) is 0 Å². The highest BCUT2D eigenvalue weighted by molar-refractivity contribution is 7.13. The summed E-state index contributed by atoms with van der Waals surface area (Å²) in [6, 6.07) is 0. The second-order valence-electron chi connectivity index (χ2n) is 5.28. The minimum absolute atomic E-state index is 0.158. The van der Waals surface area contributed by atoms with Crippen LogP contribution in [0.3, 0.4) is 0 Å². The average molecular weight is 380 g/mol. The summed E-state index contributed by atoms with van der Waals surface area (Å²) in [5.74, 6) is 1.21. The maximum atomic E-state index is 12.5. The van der Waals surface area contributed by atoms with Crippen LogP contribution in [0.5, 0.6) is 0 Å². The van der Waals surface area contributed by atoms with E-state index in [9.17, 15) is 13.2 Å². The summed E-state index contributed by atoms with van der Waals surface area (Å²) in [7, 11) is 0. The van der Waals surface area contributed by atoms with Gasteiger partial charge in [-0.15, -0.1) is 11.3 Å². The molecule has 0 radical (unpaired) electrons. The van der Waals surface area contributed by atoms with E-state index >= 15 is 0 Å². The summed E-state index contributed by atoms with van der Waals surface area (Å²) in [4.78, 5) is 12.9. The number of halogens is 3. The van der Waals surface area contributed by atoms with Crippen molar-refractivity contribution in [1.29, 1.82) is 5.41 Å². The second-order valence-corrected chi connectivity index (χ2v) is 6.17. The van der Waals surface area contributed by atoms with E-state index in [1.54, 1.807) is 23.2 Å². The predicted octanol–water partition coefficient (Wildman–Crippen LogP) is 3.84. The average Bonchev–Trinajstić information content (AvgIpc) is 3.31. The maximum absolute atomic E-state index is 12.5. The van der Waals surface area contributed by atoms with Gasteiger partial charge >= 0.3 is 6.18 Å². The Bertz CT molecular complexity index is 921. The van der Waals surface area contributed by atoms with Crippen LogP contribution in [0.4, 0.5) is 13.2 Å². The lowest BCUT2D eigenvalue weighted by Crippen LogP contribution is -2.10. The summed E-state index contributed by atoms with van der Waals surface area (Å²) < 4.78 is 41.1. The molecule has 0 unspecified atom stereocenters. The molecule has 3 rings (SSSR count). The quantitative estimate of drug-likeness (QED) is 0.661. The van der Waals surface area contributed by atoms with Crippen LogP contribution in [0.25, 0.3) is 16.9 Å². The first-order valence-electron chi connectivity index (χ1n) is 7.69. The first-order valence-corrected chi connectivity index (χ1v) is 8.57. The molecule has 0 aliphatic rings. The third kappa shape index (κ3) is 3.74. The molecule has 0 aromatic carbocycles. The summed E-state index contributed by atoms with van der Waals surface area (Å²) in [5, 5.41) is 10.1. The van der Waals surface area contributed by atoms with Crippen molar-refractivity contribution in [3.63, 3.8) is 0 Å². The van der Waals surface area contributed by atoms with Gasteiger partial charge in [0.25, 0.3) is 0 Å². The lowest BCUT2D eigenvalue weighted by molar-refractivity contribution is -0.0790. The molecule has 3 aromatic rings. The Balaban J connectivity index is 1.99. The van der Waals surface area contributed by atoms with Gasteiger partial charge in [0.05, 0.1) is 12.2 Å². The number of hydrogen-bond donors (Lipinski definition) is 1. The second kappa shape index (κ2) is 7.24. The molecule has 10 heteroatoms. The zero-order valence-electron chi connectivity index (χ0n) is 13.7. The molecule has 0 spiro atoms. The van der Waals surface area contributed by atoms with Crippen molar-refractivity contribution in [3.05, 3.63) is 47.3 Å². The van der Waals surface area contributed by atoms with Crippen LogP contribution < -0.4 is 0 Å². The van der Waals surface area contributed by atoms with E-state index in [1.807, 2.05) is 16.9 Å². The van der Waals surface area contributed by atoms with Gasteiger partial charge in [-0.2, -0.15) is 13.2 Å². The van der Waals surface area contributed by atoms with E-state index in [-0.39, 0.29) is 17.5 Å². The highest BCUT2D eigenvalue weighted by Gasteiger charge is 2.23. The third-order valence-corrected chi connectivity index (χ3v) is 4.42. The molecule has 3 aromatic heterocycles. The van der Waals surface area contributed by atoms with Crippen molar-refractivity contribution in [2.75, 3.05) is 0 Å². The Morgan fingerprint density at radius 1 is 1.27 bits per heavy atom. The molecule has 0 saturated carbocycles. The van der Waals surface area contributed by atoms with Gasteiger partial charge in [0, 0.05) is 42.8 Å². The van der Waals surface area contributed by atoms with Gasteiger partial charge in [-0.25, -0.2) is 15.0 Å². The SMILES string of the molecule is CCn1c(Cn2ccnc2-c2nccs2)nc(C=N)c1/C=C/C(F)(F)F. The number of alkyl halides is 3. The fourth-order valence-corrected chi connectivity index (χ4v) is 3.23. The Morgan fingerprint density at radius 2 is 2.08 bits per heavy atom. The fraction of sp³-hybridized carbons (Fsp3) is 0.250. The van der Waals surface area contributed by atoms with Crippen LogP contribution in [0.2, 0.25) is 0 Å². The molecule has 0 atom stereocenters. The van der Waals surface area contributed by atoms with E-state index in [0.717, 1.165) is 17.3 Å². The van der Waals surface area contributed by atoms with E-state index < -0.39 is 6.18 Å². The molecule has 26 heavy (non-hydrogen) atoms. The lowest BCUT2D eigenvalue weighted by atomic mass is 10.3. The Labute approximate surface area is 151 Å². The molecule has 0 saturated heterocycles. The number of thiazole rings is 1. The summed E-state index contributed by atoms with van der Waals surface area (Å²) in [5.41, 5.74) is 0.448. The highest BCUT2D eigenvalue weighted by Crippen LogP contribution is 2.23. The smallest absolute Gasteiger partial charge is 0.327 e. The minimum Gasteiger partial charge on any atom is -0.327 e. The Hall–Kier alpha value is -2.75. The first kappa shape index (κ1) is 18.1. The van der Waals surface area contributed by atoms with Crippen molar-refractivity contribution in [3.8, 4) is 10.8 Å². The molecular weight excluding hydrogens is 365 g/mol. The zero-order chi connectivity index (χ0) is 18.7. The number of aromatic nitrogens is 5. The molecule has 0 aliphatic carbocycles. The van der Waals surface area contributed by atoms with Gasteiger partial charge < -0.3 is 14.5 Å². The first-order chi connectivity index (χ1) is 12.4. The van der Waals surface area contributed by atoms with Crippen molar-refractivity contribution < 1.29 is 13.2 Å². The van der Waals surface area contributed by atoms with Crippen molar-refractivity contribution in [2.45, 2.75) is 26.2 Å². The van der Waals surface area contributed by atoms with Gasteiger partial charge in [0.2, 0.25) is 0 Å². The number of nitrogens with one attached hydrogen (secondary N) is 1. The predicted molar refractivity (Wildman–Crippen MR) is 93.3 cm³/mol. The van der Waals surface area contributed by atoms with Gasteiger partial charge in [-0.05, 0) is 13.0 Å². The van der Waals surface area contributed by atoms with Crippen LogP contribution in [0.15, 0.2) is 30.0 Å². The normalized spacial score (nSPS) is 12.2. The van der Waals surface area contributed by atoms with Crippen molar-refractivity contribution in [2.24, 2.45) is 0 Å². The van der Waals surface area contributed by atoms with E-state index in [2.05, 4.69) is 15.0 Å². The largest absolute Gasteiger partial charge is 0.409 e. The molecule has 0 bridgehead atoms. The van der Waals surface area contributed by atoms with Crippen LogP contribution in [0, 0.1) is 5.41 Å². The molecule has 0 aliphatic heterocycles. The number of nitrogens with zero attached hydrogens (tertiary/aromatic N) is 5. The molecule has 0 fully saturated rings. The number of hydrogen-bond acceptors (Lipinski definition) is 5. The van der Waals surface area contributed by atoms with Crippen molar-refractivity contribution in [1.82, 2.24) is 24.1 Å². The fourth-order valence-electron chi connectivity index (χ4n) is 2.58. The number of imidazole rings is 2. The van der Waals surface area contributed by atoms with E-state index in [0.29, 0.717) is 24.7 Å². The van der Waals surface area contributed by atoms with Crippen molar-refractivity contribution >= 4 is 23.6 Å². The van der Waals surface area contributed by atoms with Gasteiger partial charge in [-0.3, -0.25) is 0 Å². The van der Waals surface area contributed by atoms with E-state index in [4.69, 9.17) is 5.41 Å². The molecule has 1 N–H and O–H groups in total. The molecule has 0 amide bonds. The summed E-state index contributed by atoms with van der Waals surface area (Å²) in [6.07, 6.45) is 2.73. The summed E-state index contributed by atoms with van der Waals surface area (Å²) >= 11 is 1.45. The molecule has 136 valence electrons. The van der Waals surface area contributed by atoms with Crippen LogP contribution in [-0.2, 0) is 13.1 Å².